The molecule has 2 atom stereocenters. The number of hydrogen-bond donors (Lipinski definition) is 2. The summed E-state index contributed by atoms with van der Waals surface area (Å²) in [5, 5.41) is 5.68. The SMILES string of the molecule is C[C@H]1CN(C(=O)NCc2ccc(NC(=O)c3ccco3)cc2)C[C@H](C)O1. The number of amides is 3. The van der Waals surface area contributed by atoms with Crippen molar-refractivity contribution in [1.82, 2.24) is 10.2 Å². The lowest BCUT2D eigenvalue weighted by Gasteiger charge is -2.35. The fourth-order valence-corrected chi connectivity index (χ4v) is 2.94. The summed E-state index contributed by atoms with van der Waals surface area (Å²) >= 11 is 0. The van der Waals surface area contributed by atoms with Gasteiger partial charge in [0.2, 0.25) is 0 Å². The largest absolute Gasteiger partial charge is 0.459 e. The topological polar surface area (TPSA) is 83.8 Å². The van der Waals surface area contributed by atoms with E-state index >= 15 is 0 Å². The molecule has 2 aromatic rings. The van der Waals surface area contributed by atoms with E-state index in [4.69, 9.17) is 9.15 Å². The molecule has 2 heterocycles. The quantitative estimate of drug-likeness (QED) is 0.881. The number of rotatable bonds is 4. The van der Waals surface area contributed by atoms with Gasteiger partial charge in [-0.25, -0.2) is 4.79 Å². The molecule has 0 saturated carbocycles. The molecule has 1 aliphatic rings. The number of carbonyl (C=O) groups excluding carboxylic acids is 2. The van der Waals surface area contributed by atoms with Gasteiger partial charge in [0.1, 0.15) is 0 Å². The van der Waals surface area contributed by atoms with Crippen molar-refractivity contribution in [3.8, 4) is 0 Å². The highest BCUT2D eigenvalue weighted by atomic mass is 16.5. The Labute approximate surface area is 152 Å². The van der Waals surface area contributed by atoms with Gasteiger partial charge in [0.05, 0.1) is 18.5 Å². The zero-order chi connectivity index (χ0) is 18.5. The highest BCUT2D eigenvalue weighted by Crippen LogP contribution is 2.13. The Bertz CT molecular complexity index is 733. The Morgan fingerprint density at radius 3 is 2.42 bits per heavy atom. The highest BCUT2D eigenvalue weighted by molar-refractivity contribution is 6.02. The maximum absolute atomic E-state index is 12.3. The fourth-order valence-electron chi connectivity index (χ4n) is 2.94. The third-order valence-electron chi connectivity index (χ3n) is 4.11. The average Bonchev–Trinajstić information content (AvgIpc) is 3.15. The fraction of sp³-hybridized carbons (Fsp3) is 0.368. The van der Waals surface area contributed by atoms with Gasteiger partial charge in [-0.1, -0.05) is 12.1 Å². The summed E-state index contributed by atoms with van der Waals surface area (Å²) < 4.78 is 10.7. The van der Waals surface area contributed by atoms with E-state index in [0.717, 1.165) is 5.56 Å². The summed E-state index contributed by atoms with van der Waals surface area (Å²) in [6.45, 7) is 5.53. The number of furan rings is 1. The van der Waals surface area contributed by atoms with Crippen LogP contribution >= 0.6 is 0 Å². The molecule has 0 aliphatic carbocycles. The third kappa shape index (κ3) is 4.64. The molecule has 2 N–H and O–H groups in total. The second kappa shape index (κ2) is 8.05. The van der Waals surface area contributed by atoms with E-state index in [9.17, 15) is 9.59 Å². The van der Waals surface area contributed by atoms with E-state index in [1.807, 2.05) is 26.0 Å². The van der Waals surface area contributed by atoms with Crippen LogP contribution in [0.5, 0.6) is 0 Å². The summed E-state index contributed by atoms with van der Waals surface area (Å²) in [6, 6.07) is 10.5. The maximum Gasteiger partial charge on any atom is 0.317 e. The predicted molar refractivity (Wildman–Crippen MR) is 96.9 cm³/mol. The van der Waals surface area contributed by atoms with Crippen molar-refractivity contribution in [3.63, 3.8) is 0 Å². The Hall–Kier alpha value is -2.80. The van der Waals surface area contributed by atoms with Crippen LogP contribution in [0.15, 0.2) is 47.1 Å². The van der Waals surface area contributed by atoms with Crippen molar-refractivity contribution in [3.05, 3.63) is 54.0 Å². The first-order valence-corrected chi connectivity index (χ1v) is 8.63. The van der Waals surface area contributed by atoms with Crippen molar-refractivity contribution < 1.29 is 18.7 Å². The van der Waals surface area contributed by atoms with Crippen LogP contribution in [0.2, 0.25) is 0 Å². The molecule has 0 spiro atoms. The Morgan fingerprint density at radius 1 is 1.12 bits per heavy atom. The van der Waals surface area contributed by atoms with E-state index < -0.39 is 0 Å². The molecule has 1 fully saturated rings. The number of hydrogen-bond acceptors (Lipinski definition) is 4. The third-order valence-corrected chi connectivity index (χ3v) is 4.11. The highest BCUT2D eigenvalue weighted by Gasteiger charge is 2.25. The molecule has 0 radical (unpaired) electrons. The molecule has 1 saturated heterocycles. The van der Waals surface area contributed by atoms with Gasteiger partial charge < -0.3 is 24.7 Å². The smallest absolute Gasteiger partial charge is 0.317 e. The molecule has 3 amide bonds. The van der Waals surface area contributed by atoms with Gasteiger partial charge in [0, 0.05) is 25.3 Å². The van der Waals surface area contributed by atoms with E-state index in [0.29, 0.717) is 25.3 Å². The first-order chi connectivity index (χ1) is 12.5. The van der Waals surface area contributed by atoms with Crippen LogP contribution in [0.25, 0.3) is 0 Å². The Balaban J connectivity index is 1.49. The van der Waals surface area contributed by atoms with Gasteiger partial charge in [-0.2, -0.15) is 0 Å². The summed E-state index contributed by atoms with van der Waals surface area (Å²) in [5.74, 6) is -0.0399. The predicted octanol–water partition coefficient (Wildman–Crippen LogP) is 2.85. The monoisotopic (exact) mass is 357 g/mol. The van der Waals surface area contributed by atoms with E-state index in [2.05, 4.69) is 10.6 Å². The molecule has 0 unspecified atom stereocenters. The summed E-state index contributed by atoms with van der Waals surface area (Å²) in [5.41, 5.74) is 1.61. The lowest BCUT2D eigenvalue weighted by Crippen LogP contribution is -2.51. The van der Waals surface area contributed by atoms with Crippen LogP contribution < -0.4 is 10.6 Å². The second-order valence-electron chi connectivity index (χ2n) is 6.45. The van der Waals surface area contributed by atoms with Gasteiger partial charge >= 0.3 is 6.03 Å². The minimum Gasteiger partial charge on any atom is -0.459 e. The van der Waals surface area contributed by atoms with Crippen molar-refractivity contribution in [2.75, 3.05) is 18.4 Å². The number of anilines is 1. The Kier molecular flexibility index (Phi) is 5.58. The van der Waals surface area contributed by atoms with Crippen LogP contribution in [0.3, 0.4) is 0 Å². The first-order valence-electron chi connectivity index (χ1n) is 8.63. The normalized spacial score (nSPS) is 19.8. The van der Waals surface area contributed by atoms with Crippen molar-refractivity contribution in [2.45, 2.75) is 32.6 Å². The molecule has 1 aromatic heterocycles. The van der Waals surface area contributed by atoms with Crippen LogP contribution in [-0.2, 0) is 11.3 Å². The molecule has 7 heteroatoms. The second-order valence-corrected chi connectivity index (χ2v) is 6.45. The molecule has 26 heavy (non-hydrogen) atoms. The first kappa shape index (κ1) is 18.0. The number of benzene rings is 1. The van der Waals surface area contributed by atoms with Crippen molar-refractivity contribution >= 4 is 17.6 Å². The molecule has 1 aliphatic heterocycles. The number of carbonyl (C=O) groups is 2. The minimum atomic E-state index is -0.299. The van der Waals surface area contributed by atoms with E-state index in [1.165, 1.54) is 6.26 Å². The summed E-state index contributed by atoms with van der Waals surface area (Å²) in [4.78, 5) is 26.0. The molecule has 1 aromatic carbocycles. The van der Waals surface area contributed by atoms with Crippen LogP contribution in [0, 0.1) is 0 Å². The zero-order valence-corrected chi connectivity index (χ0v) is 14.9. The molecule has 138 valence electrons. The Morgan fingerprint density at radius 2 is 1.81 bits per heavy atom. The standard InChI is InChI=1S/C19H23N3O4/c1-13-11-22(12-14(2)26-13)19(24)20-10-15-5-7-16(8-6-15)21-18(23)17-4-3-9-25-17/h3-9,13-14H,10-12H2,1-2H3,(H,20,24)(H,21,23)/t13-,14-/m0/s1. The maximum atomic E-state index is 12.3. The molecule has 0 bridgehead atoms. The number of nitrogens with zero attached hydrogens (tertiary/aromatic N) is 1. The number of ether oxygens (including phenoxy) is 1. The van der Waals surface area contributed by atoms with Crippen molar-refractivity contribution in [2.24, 2.45) is 0 Å². The van der Waals surface area contributed by atoms with Gasteiger partial charge in [-0.05, 0) is 43.7 Å². The van der Waals surface area contributed by atoms with Gasteiger partial charge in [-0.3, -0.25) is 4.79 Å². The lowest BCUT2D eigenvalue weighted by atomic mass is 10.2. The number of nitrogens with one attached hydrogen (secondary N) is 2. The van der Waals surface area contributed by atoms with Gasteiger partial charge in [0.25, 0.3) is 5.91 Å². The number of morpholine rings is 1. The van der Waals surface area contributed by atoms with E-state index in [-0.39, 0.29) is 29.9 Å². The van der Waals surface area contributed by atoms with Gasteiger partial charge in [0.15, 0.2) is 5.76 Å². The van der Waals surface area contributed by atoms with Crippen LogP contribution in [0.4, 0.5) is 10.5 Å². The molecular weight excluding hydrogens is 334 g/mol. The average molecular weight is 357 g/mol. The summed E-state index contributed by atoms with van der Waals surface area (Å²) in [6.07, 6.45) is 1.54. The summed E-state index contributed by atoms with van der Waals surface area (Å²) in [7, 11) is 0. The molecule has 7 nitrogen and oxygen atoms in total. The molecular formula is C19H23N3O4. The van der Waals surface area contributed by atoms with Crippen LogP contribution in [-0.4, -0.2) is 42.1 Å². The van der Waals surface area contributed by atoms with Crippen molar-refractivity contribution in [1.29, 1.82) is 0 Å². The number of urea groups is 1. The van der Waals surface area contributed by atoms with Crippen LogP contribution in [0.1, 0.15) is 30.0 Å². The lowest BCUT2D eigenvalue weighted by molar-refractivity contribution is -0.0545. The van der Waals surface area contributed by atoms with Gasteiger partial charge in [-0.15, -0.1) is 0 Å². The zero-order valence-electron chi connectivity index (χ0n) is 14.9. The minimum absolute atomic E-state index is 0.0431. The molecule has 3 rings (SSSR count). The van der Waals surface area contributed by atoms with E-state index in [1.54, 1.807) is 29.2 Å².